The molecule has 0 fully saturated rings. The quantitative estimate of drug-likeness (QED) is 0.621. The topological polar surface area (TPSA) is 3.24 Å². The highest BCUT2D eigenvalue weighted by Crippen LogP contribution is 2.49. The van der Waals surface area contributed by atoms with Gasteiger partial charge in [0.1, 0.15) is 0 Å². The van der Waals surface area contributed by atoms with E-state index in [1.165, 1.54) is 38.8 Å². The number of hydrogen-bond donors (Lipinski definition) is 0. The molecule has 15 heavy (non-hydrogen) atoms. The molecule has 0 N–H and O–H groups in total. The van der Waals surface area contributed by atoms with E-state index in [2.05, 4.69) is 17.9 Å². The van der Waals surface area contributed by atoms with Crippen LogP contribution in [0, 0.1) is 6.92 Å². The average Bonchev–Trinajstić information content (AvgIpc) is 2.79. The maximum atomic E-state index is 2.63. The summed E-state index contributed by atoms with van der Waals surface area (Å²) in [6.45, 7) is 4.90. The van der Waals surface area contributed by atoms with Crippen LogP contribution in [0.25, 0.3) is 0 Å². The minimum atomic E-state index is 0.906. The van der Waals surface area contributed by atoms with Crippen LogP contribution < -0.4 is 4.90 Å². The van der Waals surface area contributed by atoms with Crippen LogP contribution in [0.4, 0.5) is 5.69 Å². The van der Waals surface area contributed by atoms with Crippen LogP contribution in [0.3, 0.4) is 0 Å². The molecular formula is C14H17N. The Morgan fingerprint density at radius 2 is 2.13 bits per heavy atom. The molecule has 3 aliphatic rings. The Balaban J connectivity index is 2.08. The van der Waals surface area contributed by atoms with Gasteiger partial charge in [-0.1, -0.05) is 6.07 Å². The van der Waals surface area contributed by atoms with Crippen LogP contribution in [0.2, 0.25) is 0 Å². The second-order valence-corrected chi connectivity index (χ2v) is 5.35. The highest BCUT2D eigenvalue weighted by molar-refractivity contribution is 5.70. The van der Waals surface area contributed by atoms with Gasteiger partial charge >= 0.3 is 0 Å². The molecule has 0 saturated heterocycles. The van der Waals surface area contributed by atoms with Gasteiger partial charge < -0.3 is 4.90 Å². The number of benzene rings is 1. The Hall–Kier alpha value is -0.980. The number of aryl methyl sites for hydroxylation is 1. The maximum absolute atomic E-state index is 2.63. The van der Waals surface area contributed by atoms with Gasteiger partial charge in [-0.05, 0) is 60.8 Å². The molecule has 1 aliphatic carbocycles. The molecule has 1 nitrogen and oxygen atoms in total. The lowest BCUT2D eigenvalue weighted by atomic mass is 9.89. The fourth-order valence-corrected chi connectivity index (χ4v) is 3.93. The largest absolute Gasteiger partial charge is 0.371 e. The molecule has 1 aromatic rings. The van der Waals surface area contributed by atoms with E-state index >= 15 is 0 Å². The fraction of sp³-hybridized carbons (Fsp3) is 0.571. The van der Waals surface area contributed by atoms with Crippen molar-refractivity contribution in [2.45, 2.75) is 38.5 Å². The average molecular weight is 199 g/mol. The van der Waals surface area contributed by atoms with E-state index in [-0.39, 0.29) is 0 Å². The molecule has 4 rings (SSSR count). The molecule has 1 heteroatoms. The molecule has 0 bridgehead atoms. The second-order valence-electron chi connectivity index (χ2n) is 5.35. The van der Waals surface area contributed by atoms with Crippen molar-refractivity contribution in [3.63, 3.8) is 0 Å². The zero-order chi connectivity index (χ0) is 9.99. The zero-order valence-electron chi connectivity index (χ0n) is 9.34. The van der Waals surface area contributed by atoms with E-state index in [4.69, 9.17) is 0 Å². The molecule has 2 heterocycles. The molecule has 78 valence electrons. The van der Waals surface area contributed by atoms with Crippen LogP contribution in [0.5, 0.6) is 0 Å². The summed E-state index contributed by atoms with van der Waals surface area (Å²) >= 11 is 0. The van der Waals surface area contributed by atoms with Crippen molar-refractivity contribution in [1.29, 1.82) is 0 Å². The summed E-state index contributed by atoms with van der Waals surface area (Å²) in [5.74, 6) is 0.906. The summed E-state index contributed by atoms with van der Waals surface area (Å²) in [7, 11) is 0. The molecule has 1 aromatic carbocycles. The minimum absolute atomic E-state index is 0.906. The molecule has 0 spiro atoms. The summed E-state index contributed by atoms with van der Waals surface area (Å²) < 4.78 is 0. The lowest BCUT2D eigenvalue weighted by molar-refractivity contribution is 0.585. The zero-order valence-corrected chi connectivity index (χ0v) is 9.34. The molecule has 0 aromatic heterocycles. The Morgan fingerprint density at radius 1 is 1.20 bits per heavy atom. The Labute approximate surface area is 91.1 Å². The van der Waals surface area contributed by atoms with E-state index < -0.39 is 0 Å². The van der Waals surface area contributed by atoms with Gasteiger partial charge in [0, 0.05) is 18.8 Å². The predicted molar refractivity (Wildman–Crippen MR) is 62.8 cm³/mol. The predicted octanol–water partition coefficient (Wildman–Crippen LogP) is 2.79. The Bertz CT molecular complexity index is 447. The van der Waals surface area contributed by atoms with Crippen LogP contribution in [0.1, 0.15) is 41.0 Å². The first-order chi connectivity index (χ1) is 7.34. The number of hydrogen-bond acceptors (Lipinski definition) is 1. The number of nitrogens with zero attached hydrogens (tertiary/aromatic N) is 1. The van der Waals surface area contributed by atoms with Gasteiger partial charge in [-0.15, -0.1) is 0 Å². The molecule has 1 atom stereocenters. The molecular weight excluding hydrogens is 182 g/mol. The summed E-state index contributed by atoms with van der Waals surface area (Å²) in [4.78, 5) is 2.63. The third-order valence-corrected chi connectivity index (χ3v) is 4.62. The first kappa shape index (κ1) is 8.20. The molecule has 0 radical (unpaired) electrons. The van der Waals surface area contributed by atoms with Gasteiger partial charge in [-0.3, -0.25) is 0 Å². The van der Waals surface area contributed by atoms with E-state index in [1.807, 2.05) is 0 Å². The number of anilines is 1. The van der Waals surface area contributed by atoms with Gasteiger partial charge in [0.2, 0.25) is 0 Å². The van der Waals surface area contributed by atoms with E-state index in [0.29, 0.717) is 0 Å². The first-order valence-corrected chi connectivity index (χ1v) is 6.25. The van der Waals surface area contributed by atoms with Crippen molar-refractivity contribution < 1.29 is 0 Å². The van der Waals surface area contributed by atoms with Gasteiger partial charge in [0.05, 0.1) is 0 Å². The molecule has 2 aliphatic heterocycles. The smallest absolute Gasteiger partial charge is 0.0437 e. The van der Waals surface area contributed by atoms with Crippen molar-refractivity contribution >= 4 is 5.69 Å². The van der Waals surface area contributed by atoms with Crippen molar-refractivity contribution in [2.24, 2.45) is 0 Å². The maximum Gasteiger partial charge on any atom is 0.0437 e. The van der Waals surface area contributed by atoms with Crippen LogP contribution >= 0.6 is 0 Å². The third kappa shape index (κ3) is 0.895. The minimum Gasteiger partial charge on any atom is -0.371 e. The van der Waals surface area contributed by atoms with Crippen LogP contribution in [-0.2, 0) is 12.8 Å². The van der Waals surface area contributed by atoms with Gasteiger partial charge in [-0.2, -0.15) is 0 Å². The van der Waals surface area contributed by atoms with E-state index in [1.54, 1.807) is 27.9 Å². The Kier molecular flexibility index (Phi) is 1.41. The molecule has 0 amide bonds. The second kappa shape index (κ2) is 2.58. The first-order valence-electron chi connectivity index (χ1n) is 6.25. The summed E-state index contributed by atoms with van der Waals surface area (Å²) in [5, 5.41) is 0. The lowest BCUT2D eigenvalue weighted by Crippen LogP contribution is -2.28. The SMILES string of the molecule is Cc1cc2c3c4c1CCC4CCN3CC2. The van der Waals surface area contributed by atoms with Crippen molar-refractivity contribution in [2.75, 3.05) is 18.0 Å². The highest BCUT2D eigenvalue weighted by atomic mass is 15.2. The normalized spacial score (nSPS) is 25.9. The molecule has 1 unspecified atom stereocenters. The van der Waals surface area contributed by atoms with Crippen molar-refractivity contribution in [1.82, 2.24) is 0 Å². The summed E-state index contributed by atoms with van der Waals surface area (Å²) in [6, 6.07) is 2.46. The number of rotatable bonds is 0. The standard InChI is InChI=1S/C14H17N/c1-9-8-11-5-7-15-6-4-10-2-3-12(9)13(10)14(11)15/h8,10H,2-7H2,1H3. The van der Waals surface area contributed by atoms with Crippen molar-refractivity contribution in [3.8, 4) is 0 Å². The fourth-order valence-electron chi connectivity index (χ4n) is 3.93. The van der Waals surface area contributed by atoms with Gasteiger partial charge in [-0.25, -0.2) is 0 Å². The van der Waals surface area contributed by atoms with Gasteiger partial charge in [0.15, 0.2) is 0 Å². The summed E-state index contributed by atoms with van der Waals surface area (Å²) in [6.07, 6.45) is 5.45. The Morgan fingerprint density at radius 3 is 3.07 bits per heavy atom. The summed E-state index contributed by atoms with van der Waals surface area (Å²) in [5.41, 5.74) is 8.32. The molecule has 0 saturated carbocycles. The third-order valence-electron chi connectivity index (χ3n) is 4.62. The highest BCUT2D eigenvalue weighted by Gasteiger charge is 2.36. The monoisotopic (exact) mass is 199 g/mol. The van der Waals surface area contributed by atoms with Crippen molar-refractivity contribution in [3.05, 3.63) is 28.3 Å². The lowest BCUT2D eigenvalue weighted by Gasteiger charge is -2.31. The van der Waals surface area contributed by atoms with E-state index in [9.17, 15) is 0 Å². The van der Waals surface area contributed by atoms with Crippen LogP contribution in [-0.4, -0.2) is 13.1 Å². The van der Waals surface area contributed by atoms with Crippen LogP contribution in [0.15, 0.2) is 6.07 Å². The van der Waals surface area contributed by atoms with Gasteiger partial charge in [0.25, 0.3) is 0 Å². The van der Waals surface area contributed by atoms with E-state index in [0.717, 1.165) is 5.92 Å².